The summed E-state index contributed by atoms with van der Waals surface area (Å²) in [6, 6.07) is 6.05. The van der Waals surface area contributed by atoms with Crippen LogP contribution in [0.25, 0.3) is 0 Å². The molecule has 1 saturated carbocycles. The van der Waals surface area contributed by atoms with Crippen molar-refractivity contribution < 1.29 is 28.7 Å². The van der Waals surface area contributed by atoms with Crippen LogP contribution in [0.2, 0.25) is 0 Å². The van der Waals surface area contributed by atoms with Crippen LogP contribution in [-0.4, -0.2) is 63.9 Å². The number of oxime groups is 1. The fraction of sp³-hybridized carbons (Fsp3) is 0.500. The molecule has 198 valence electrons. The zero-order chi connectivity index (χ0) is 26.5. The lowest BCUT2D eigenvalue weighted by molar-refractivity contribution is -0.135. The highest BCUT2D eigenvalue weighted by Gasteiger charge is 2.35. The first kappa shape index (κ1) is 26.5. The van der Waals surface area contributed by atoms with Crippen molar-refractivity contribution in [1.82, 2.24) is 14.9 Å². The van der Waals surface area contributed by atoms with E-state index in [-0.39, 0.29) is 35.9 Å². The van der Waals surface area contributed by atoms with Crippen LogP contribution >= 0.6 is 0 Å². The molecule has 0 saturated heterocycles. The maximum atomic E-state index is 13.8. The summed E-state index contributed by atoms with van der Waals surface area (Å²) in [4.78, 5) is 39.8. The summed E-state index contributed by atoms with van der Waals surface area (Å²) in [6.45, 7) is 1.89. The average Bonchev–Trinajstić information content (AvgIpc) is 3.39. The summed E-state index contributed by atoms with van der Waals surface area (Å²) in [5, 5.41) is 13.7. The van der Waals surface area contributed by atoms with Gasteiger partial charge in [-0.2, -0.15) is 0 Å². The minimum absolute atomic E-state index is 0.0786. The van der Waals surface area contributed by atoms with Gasteiger partial charge in [-0.05, 0) is 68.2 Å². The number of rotatable bonds is 9. The Balaban J connectivity index is 1.32. The second kappa shape index (κ2) is 11.6. The third kappa shape index (κ3) is 6.40. The predicted octanol–water partition coefficient (Wildman–Crippen LogP) is 2.35. The third-order valence-electron chi connectivity index (χ3n) is 7.05. The van der Waals surface area contributed by atoms with E-state index in [9.17, 15) is 19.1 Å². The molecule has 1 aromatic carbocycles. The average molecular weight is 514 g/mol. The van der Waals surface area contributed by atoms with Crippen LogP contribution in [0.5, 0.6) is 5.75 Å². The molecule has 0 spiro atoms. The largest absolute Gasteiger partial charge is 0.494 e. The molecular weight excluding hydrogens is 481 g/mol. The van der Waals surface area contributed by atoms with E-state index in [1.807, 2.05) is 0 Å². The van der Waals surface area contributed by atoms with Crippen molar-refractivity contribution in [2.45, 2.75) is 51.7 Å². The van der Waals surface area contributed by atoms with Crippen LogP contribution < -0.4 is 10.5 Å². The van der Waals surface area contributed by atoms with E-state index < -0.39 is 18.3 Å². The number of primary amides is 1. The Hall–Kier alpha value is -3.60. The fourth-order valence-corrected chi connectivity index (χ4v) is 5.07. The molecule has 11 heteroatoms. The van der Waals surface area contributed by atoms with Gasteiger partial charge in [0.15, 0.2) is 11.6 Å². The van der Waals surface area contributed by atoms with Gasteiger partial charge >= 0.3 is 0 Å². The van der Waals surface area contributed by atoms with Crippen molar-refractivity contribution in [2.24, 2.45) is 22.7 Å². The Kier molecular flexibility index (Phi) is 8.32. The fourth-order valence-electron chi connectivity index (χ4n) is 5.07. The molecular formula is C26H32FN5O5. The molecule has 2 heterocycles. The van der Waals surface area contributed by atoms with E-state index in [4.69, 9.17) is 15.3 Å². The predicted molar refractivity (Wildman–Crippen MR) is 132 cm³/mol. The number of aliphatic hydroxyl groups is 1. The molecule has 2 aromatic rings. The Morgan fingerprint density at radius 2 is 1.97 bits per heavy atom. The second-order valence-electron chi connectivity index (χ2n) is 9.62. The van der Waals surface area contributed by atoms with Crippen molar-refractivity contribution in [3.63, 3.8) is 0 Å². The molecule has 0 bridgehead atoms. The van der Waals surface area contributed by atoms with Crippen LogP contribution in [0, 0.1) is 24.6 Å². The number of hydrogen-bond donors (Lipinski definition) is 2. The highest BCUT2D eigenvalue weighted by atomic mass is 19.1. The van der Waals surface area contributed by atoms with Crippen LogP contribution in [0.3, 0.4) is 0 Å². The Bertz CT molecular complexity index is 1180. The van der Waals surface area contributed by atoms with Crippen LogP contribution in [0.4, 0.5) is 4.39 Å². The number of aliphatic hydroxyl groups excluding tert-OH is 1. The molecule has 2 aliphatic rings. The lowest BCUT2D eigenvalue weighted by Gasteiger charge is -2.34. The van der Waals surface area contributed by atoms with Gasteiger partial charge in [0.05, 0.1) is 12.8 Å². The summed E-state index contributed by atoms with van der Waals surface area (Å²) in [6.07, 6.45) is 4.15. The summed E-state index contributed by atoms with van der Waals surface area (Å²) < 4.78 is 18.8. The molecule has 0 unspecified atom stereocenters. The zero-order valence-electron chi connectivity index (χ0n) is 21.0. The van der Waals surface area contributed by atoms with Crippen molar-refractivity contribution in [1.29, 1.82) is 0 Å². The van der Waals surface area contributed by atoms with Crippen molar-refractivity contribution in [3.05, 3.63) is 52.9 Å². The first-order valence-electron chi connectivity index (χ1n) is 12.4. The summed E-state index contributed by atoms with van der Waals surface area (Å²) in [7, 11) is 1.40. The number of carbonyl (C=O) groups is 2. The van der Waals surface area contributed by atoms with Crippen molar-refractivity contribution >= 4 is 17.5 Å². The van der Waals surface area contributed by atoms with Gasteiger partial charge in [0.25, 0.3) is 5.91 Å². The number of hydrogen-bond acceptors (Lipinski definition) is 8. The van der Waals surface area contributed by atoms with Gasteiger partial charge in [0, 0.05) is 19.5 Å². The number of carbonyl (C=O) groups excluding carboxylic acids is 2. The standard InChI is InChI=1S/C26H32FN5O5/c1-15-29-20(10-22(30-15)26(28)35)21-11-23(37-31-21)18-6-3-16(4-7-18)12-32(25(34)14-33)13-17-5-8-19(27)24(9-17)36-2/h5,8-10,16,18,23,33H,3-4,6-7,11-14H2,1-2H3,(H2,28,35)/t16?,18?,23-/m1/s1. The van der Waals surface area contributed by atoms with Gasteiger partial charge in [0.2, 0.25) is 5.91 Å². The van der Waals surface area contributed by atoms with Gasteiger partial charge in [-0.3, -0.25) is 9.59 Å². The highest BCUT2D eigenvalue weighted by Crippen LogP contribution is 2.36. The Morgan fingerprint density at radius 3 is 2.65 bits per heavy atom. The maximum absolute atomic E-state index is 13.8. The monoisotopic (exact) mass is 513 g/mol. The minimum atomic E-state index is -0.617. The molecule has 1 aromatic heterocycles. The van der Waals surface area contributed by atoms with Gasteiger partial charge in [-0.15, -0.1) is 0 Å². The van der Waals surface area contributed by atoms with Crippen LogP contribution in [-0.2, 0) is 16.2 Å². The molecule has 1 aliphatic carbocycles. The molecule has 1 aliphatic heterocycles. The molecule has 37 heavy (non-hydrogen) atoms. The minimum Gasteiger partial charge on any atom is -0.494 e. The molecule has 10 nitrogen and oxygen atoms in total. The summed E-state index contributed by atoms with van der Waals surface area (Å²) in [5.74, 6) is -0.298. The number of halogens is 1. The molecule has 2 amide bonds. The van der Waals surface area contributed by atoms with Crippen molar-refractivity contribution in [3.8, 4) is 5.75 Å². The molecule has 4 rings (SSSR count). The smallest absolute Gasteiger partial charge is 0.267 e. The van der Waals surface area contributed by atoms with E-state index in [1.54, 1.807) is 30.0 Å². The van der Waals surface area contributed by atoms with E-state index in [0.29, 0.717) is 36.1 Å². The zero-order valence-corrected chi connectivity index (χ0v) is 21.0. The van der Waals surface area contributed by atoms with Gasteiger partial charge < -0.3 is 25.3 Å². The number of methoxy groups -OCH3 is 1. The first-order chi connectivity index (χ1) is 17.8. The second-order valence-corrected chi connectivity index (χ2v) is 9.62. The normalized spacial score (nSPS) is 21.2. The number of aromatic nitrogens is 2. The quantitative estimate of drug-likeness (QED) is 0.524. The number of aryl methyl sites for hydroxylation is 1. The van der Waals surface area contributed by atoms with E-state index in [2.05, 4.69) is 15.1 Å². The molecule has 1 fully saturated rings. The lowest BCUT2D eigenvalue weighted by atomic mass is 9.78. The Morgan fingerprint density at radius 1 is 1.22 bits per heavy atom. The van der Waals surface area contributed by atoms with Gasteiger partial charge in [-0.1, -0.05) is 11.2 Å². The highest BCUT2D eigenvalue weighted by molar-refractivity contribution is 6.01. The van der Waals surface area contributed by atoms with E-state index in [1.165, 1.54) is 13.2 Å². The molecule has 0 radical (unpaired) electrons. The first-order valence-corrected chi connectivity index (χ1v) is 12.4. The van der Waals surface area contributed by atoms with Gasteiger partial charge in [0.1, 0.15) is 29.9 Å². The Labute approximate surface area is 214 Å². The molecule has 1 atom stereocenters. The van der Waals surface area contributed by atoms with Gasteiger partial charge in [-0.25, -0.2) is 14.4 Å². The lowest BCUT2D eigenvalue weighted by Crippen LogP contribution is -2.38. The summed E-state index contributed by atoms with van der Waals surface area (Å²) >= 11 is 0. The topological polar surface area (TPSA) is 140 Å². The van der Waals surface area contributed by atoms with Crippen LogP contribution in [0.1, 0.15) is 59.7 Å². The number of nitrogens with zero attached hydrogens (tertiary/aromatic N) is 4. The summed E-state index contributed by atoms with van der Waals surface area (Å²) in [5.41, 5.74) is 7.48. The van der Waals surface area contributed by atoms with Crippen molar-refractivity contribution in [2.75, 3.05) is 20.3 Å². The number of nitrogens with two attached hydrogens (primary N) is 1. The third-order valence-corrected chi connectivity index (χ3v) is 7.05. The number of ether oxygens (including phenoxy) is 1. The van der Waals surface area contributed by atoms with E-state index >= 15 is 0 Å². The maximum Gasteiger partial charge on any atom is 0.267 e. The number of amides is 2. The molecule has 3 N–H and O–H groups in total. The number of benzene rings is 1. The van der Waals surface area contributed by atoms with Crippen LogP contribution in [0.15, 0.2) is 29.4 Å². The van der Waals surface area contributed by atoms with E-state index in [0.717, 1.165) is 31.2 Å². The SMILES string of the molecule is COc1cc(CN(CC2CCC([C@H]3CC(c4cc(C(N)=O)nc(C)n4)=NO3)CC2)C(=O)CO)ccc1F.